The molecule has 2 atom stereocenters. The van der Waals surface area contributed by atoms with Crippen LogP contribution in [0.5, 0.6) is 0 Å². The van der Waals surface area contributed by atoms with Crippen LogP contribution in [-0.4, -0.2) is 37.4 Å². The first kappa shape index (κ1) is 11.7. The fourth-order valence-electron chi connectivity index (χ4n) is 1.27. The van der Waals surface area contributed by atoms with Crippen molar-refractivity contribution in [2.45, 2.75) is 12.5 Å². The molecule has 0 bridgehead atoms. The van der Waals surface area contributed by atoms with Gasteiger partial charge in [-0.1, -0.05) is 0 Å². The zero-order chi connectivity index (χ0) is 8.27. The smallest absolute Gasteiger partial charge is 0.310 e. The van der Waals surface area contributed by atoms with Crippen molar-refractivity contribution in [3.63, 3.8) is 0 Å². The lowest BCUT2D eigenvalue weighted by molar-refractivity contribution is -0.147. The SMILES string of the molecule is COC(=O)[C@H]1CNC[C@H](O)C1.Cl. The number of rotatable bonds is 1. The van der Waals surface area contributed by atoms with Gasteiger partial charge in [0.05, 0.1) is 19.1 Å². The summed E-state index contributed by atoms with van der Waals surface area (Å²) in [5.74, 6) is -0.417. The number of aliphatic hydroxyl groups is 1. The van der Waals surface area contributed by atoms with Gasteiger partial charge in [0.25, 0.3) is 0 Å². The third-order valence-electron chi connectivity index (χ3n) is 1.86. The average Bonchev–Trinajstić information content (AvgIpc) is 2.03. The van der Waals surface area contributed by atoms with Crippen LogP contribution in [0, 0.1) is 5.92 Å². The van der Waals surface area contributed by atoms with Gasteiger partial charge in [-0.3, -0.25) is 4.79 Å². The maximum absolute atomic E-state index is 10.9. The lowest BCUT2D eigenvalue weighted by Crippen LogP contribution is -2.42. The molecule has 0 aromatic carbocycles. The normalized spacial score (nSPS) is 28.8. The molecule has 12 heavy (non-hydrogen) atoms. The van der Waals surface area contributed by atoms with Gasteiger partial charge in [0.2, 0.25) is 0 Å². The first-order valence-corrected chi connectivity index (χ1v) is 3.70. The van der Waals surface area contributed by atoms with Crippen molar-refractivity contribution in [3.05, 3.63) is 0 Å². The van der Waals surface area contributed by atoms with E-state index in [2.05, 4.69) is 10.1 Å². The predicted molar refractivity (Wildman–Crippen MR) is 46.2 cm³/mol. The topological polar surface area (TPSA) is 58.6 Å². The van der Waals surface area contributed by atoms with Crippen LogP contribution in [0.25, 0.3) is 0 Å². The predicted octanol–water partition coefficient (Wildman–Crippen LogP) is -0.448. The number of ether oxygens (including phenoxy) is 1. The number of methoxy groups -OCH3 is 1. The van der Waals surface area contributed by atoms with Gasteiger partial charge in [-0.2, -0.15) is 0 Å². The third-order valence-corrected chi connectivity index (χ3v) is 1.86. The standard InChI is InChI=1S/C7H13NO3.ClH/c1-11-7(10)5-2-6(9)4-8-3-5;/h5-6,8-9H,2-4H2,1H3;1H/t5-,6-;/m1./s1. The summed E-state index contributed by atoms with van der Waals surface area (Å²) in [5, 5.41) is 12.1. The Morgan fingerprint density at radius 3 is 2.75 bits per heavy atom. The molecule has 1 aliphatic rings. The average molecular weight is 196 g/mol. The van der Waals surface area contributed by atoms with Gasteiger partial charge in [0, 0.05) is 13.1 Å². The number of halogens is 1. The van der Waals surface area contributed by atoms with Gasteiger partial charge in [0.15, 0.2) is 0 Å². The highest BCUT2D eigenvalue weighted by molar-refractivity contribution is 5.85. The Morgan fingerprint density at radius 2 is 2.25 bits per heavy atom. The number of hydrogen-bond donors (Lipinski definition) is 2. The summed E-state index contributed by atoms with van der Waals surface area (Å²) < 4.78 is 4.55. The van der Waals surface area contributed by atoms with Crippen molar-refractivity contribution in [1.29, 1.82) is 0 Å². The van der Waals surface area contributed by atoms with Gasteiger partial charge in [0.1, 0.15) is 0 Å². The van der Waals surface area contributed by atoms with Crippen molar-refractivity contribution in [3.8, 4) is 0 Å². The molecule has 2 N–H and O–H groups in total. The van der Waals surface area contributed by atoms with Crippen molar-refractivity contribution >= 4 is 18.4 Å². The summed E-state index contributed by atoms with van der Waals surface area (Å²) in [5.41, 5.74) is 0. The molecule has 4 nitrogen and oxygen atoms in total. The number of hydrogen-bond acceptors (Lipinski definition) is 4. The highest BCUT2D eigenvalue weighted by Gasteiger charge is 2.26. The maximum atomic E-state index is 10.9. The van der Waals surface area contributed by atoms with E-state index in [9.17, 15) is 4.79 Å². The quantitative estimate of drug-likeness (QED) is 0.557. The minimum Gasteiger partial charge on any atom is -0.469 e. The van der Waals surface area contributed by atoms with Gasteiger partial charge in [-0.05, 0) is 6.42 Å². The van der Waals surface area contributed by atoms with Crippen molar-refractivity contribution in [2.24, 2.45) is 5.92 Å². The molecule has 1 fully saturated rings. The van der Waals surface area contributed by atoms with Crippen molar-refractivity contribution in [1.82, 2.24) is 5.32 Å². The molecule has 1 saturated heterocycles. The molecule has 1 aliphatic heterocycles. The molecule has 0 aliphatic carbocycles. The molecule has 0 aromatic rings. The van der Waals surface area contributed by atoms with E-state index in [1.807, 2.05) is 0 Å². The first-order chi connectivity index (χ1) is 5.24. The number of aliphatic hydroxyl groups excluding tert-OH is 1. The van der Waals surface area contributed by atoms with Crippen LogP contribution in [0.3, 0.4) is 0 Å². The van der Waals surface area contributed by atoms with E-state index < -0.39 is 6.10 Å². The number of carbonyl (C=O) groups is 1. The summed E-state index contributed by atoms with van der Waals surface area (Å²) in [6.45, 7) is 1.19. The monoisotopic (exact) mass is 195 g/mol. The Kier molecular flexibility index (Phi) is 5.20. The zero-order valence-electron chi connectivity index (χ0n) is 6.95. The summed E-state index contributed by atoms with van der Waals surface area (Å²) >= 11 is 0. The van der Waals surface area contributed by atoms with Crippen LogP contribution in [0.1, 0.15) is 6.42 Å². The Hall–Kier alpha value is -0.320. The highest BCUT2D eigenvalue weighted by atomic mass is 35.5. The fourth-order valence-corrected chi connectivity index (χ4v) is 1.27. The Morgan fingerprint density at radius 1 is 1.58 bits per heavy atom. The largest absolute Gasteiger partial charge is 0.469 e. The number of piperidine rings is 1. The second-order valence-corrected chi connectivity index (χ2v) is 2.77. The lowest BCUT2D eigenvalue weighted by Gasteiger charge is -2.24. The second-order valence-electron chi connectivity index (χ2n) is 2.77. The summed E-state index contributed by atoms with van der Waals surface area (Å²) in [7, 11) is 1.36. The van der Waals surface area contributed by atoms with Crippen LogP contribution in [-0.2, 0) is 9.53 Å². The van der Waals surface area contributed by atoms with E-state index in [0.29, 0.717) is 19.5 Å². The van der Waals surface area contributed by atoms with Crippen molar-refractivity contribution < 1.29 is 14.6 Å². The number of esters is 1. The van der Waals surface area contributed by atoms with Crippen LogP contribution >= 0.6 is 12.4 Å². The van der Waals surface area contributed by atoms with Gasteiger partial charge < -0.3 is 15.2 Å². The number of carbonyl (C=O) groups excluding carboxylic acids is 1. The first-order valence-electron chi connectivity index (χ1n) is 3.70. The Bertz CT molecular complexity index is 154. The molecular formula is C7H14ClNO3. The van der Waals surface area contributed by atoms with Crippen molar-refractivity contribution in [2.75, 3.05) is 20.2 Å². The molecule has 0 spiro atoms. The van der Waals surface area contributed by atoms with E-state index in [4.69, 9.17) is 5.11 Å². The van der Waals surface area contributed by atoms with Crippen LogP contribution < -0.4 is 5.32 Å². The molecule has 0 saturated carbocycles. The van der Waals surface area contributed by atoms with Crippen LogP contribution in [0.2, 0.25) is 0 Å². The minimum absolute atomic E-state index is 0. The summed E-state index contributed by atoms with van der Waals surface area (Å²) in [6.07, 6.45) is 0.104. The van der Waals surface area contributed by atoms with Crippen LogP contribution in [0.15, 0.2) is 0 Å². The number of nitrogens with one attached hydrogen (secondary N) is 1. The van der Waals surface area contributed by atoms with Crippen LogP contribution in [0.4, 0.5) is 0 Å². The second kappa shape index (κ2) is 5.35. The molecule has 72 valence electrons. The number of β-amino-alcohol motifs (C(OH)–C–C–N with tert-alkyl or cyclic N) is 1. The van der Waals surface area contributed by atoms with E-state index in [1.54, 1.807) is 0 Å². The molecule has 0 amide bonds. The Labute approximate surface area is 77.7 Å². The van der Waals surface area contributed by atoms with Gasteiger partial charge >= 0.3 is 5.97 Å². The van der Waals surface area contributed by atoms with E-state index in [0.717, 1.165) is 0 Å². The maximum Gasteiger partial charge on any atom is 0.310 e. The Balaban J connectivity index is 0.00000121. The van der Waals surface area contributed by atoms with E-state index >= 15 is 0 Å². The summed E-state index contributed by atoms with van der Waals surface area (Å²) in [6, 6.07) is 0. The molecule has 5 heteroatoms. The lowest BCUT2D eigenvalue weighted by atomic mass is 9.98. The molecule has 1 rings (SSSR count). The molecule has 0 aromatic heterocycles. The van der Waals surface area contributed by atoms with E-state index in [1.165, 1.54) is 7.11 Å². The molecule has 1 heterocycles. The van der Waals surface area contributed by atoms with Gasteiger partial charge in [-0.15, -0.1) is 12.4 Å². The van der Waals surface area contributed by atoms with E-state index in [-0.39, 0.29) is 24.3 Å². The third kappa shape index (κ3) is 2.97. The highest BCUT2D eigenvalue weighted by Crippen LogP contribution is 2.11. The van der Waals surface area contributed by atoms with Gasteiger partial charge in [-0.25, -0.2) is 0 Å². The molecule has 0 radical (unpaired) electrons. The molecule has 0 unspecified atom stereocenters. The molecular weight excluding hydrogens is 182 g/mol. The zero-order valence-corrected chi connectivity index (χ0v) is 7.76. The summed E-state index contributed by atoms with van der Waals surface area (Å²) in [4.78, 5) is 10.9. The fraction of sp³-hybridized carbons (Fsp3) is 0.857. The minimum atomic E-state index is -0.409.